The fourth-order valence-electron chi connectivity index (χ4n) is 3.40. The standard InChI is InChI=1S/C21H27NO4/c23-20(10-9-17-6-2-1-3-7-17)22-13-11-18(12-14-22)21(24)26-16-19-8-4-5-15-25-19/h1-3,6-7,9-10,18-19H,4-5,8,11-16H2. The van der Waals surface area contributed by atoms with Crippen LogP contribution in [0.3, 0.4) is 0 Å². The summed E-state index contributed by atoms with van der Waals surface area (Å²) in [7, 11) is 0. The first-order chi connectivity index (χ1) is 12.7. The van der Waals surface area contributed by atoms with Crippen molar-refractivity contribution in [3.8, 4) is 0 Å². The summed E-state index contributed by atoms with van der Waals surface area (Å²) in [5, 5.41) is 0. The molecule has 1 unspecified atom stereocenters. The molecule has 0 saturated carbocycles. The van der Waals surface area contributed by atoms with E-state index in [1.807, 2.05) is 36.4 Å². The van der Waals surface area contributed by atoms with Gasteiger partial charge in [0, 0.05) is 25.8 Å². The molecule has 0 aromatic heterocycles. The number of piperidine rings is 1. The molecule has 0 bridgehead atoms. The number of esters is 1. The van der Waals surface area contributed by atoms with Crippen molar-refractivity contribution in [2.75, 3.05) is 26.3 Å². The molecule has 2 aliphatic rings. The molecule has 1 atom stereocenters. The maximum Gasteiger partial charge on any atom is 0.309 e. The van der Waals surface area contributed by atoms with Crippen molar-refractivity contribution in [1.82, 2.24) is 4.90 Å². The Hall–Kier alpha value is -2.14. The lowest BCUT2D eigenvalue weighted by atomic mass is 9.97. The number of hydrogen-bond acceptors (Lipinski definition) is 4. The Bertz CT molecular complexity index is 614. The van der Waals surface area contributed by atoms with Crippen LogP contribution in [0.1, 0.15) is 37.7 Å². The molecule has 2 saturated heterocycles. The quantitative estimate of drug-likeness (QED) is 0.600. The van der Waals surface area contributed by atoms with E-state index >= 15 is 0 Å². The third-order valence-electron chi connectivity index (χ3n) is 5.04. The summed E-state index contributed by atoms with van der Waals surface area (Å²) >= 11 is 0. The summed E-state index contributed by atoms with van der Waals surface area (Å²) < 4.78 is 11.0. The van der Waals surface area contributed by atoms with Crippen molar-refractivity contribution in [3.05, 3.63) is 42.0 Å². The second kappa shape index (κ2) is 9.53. The van der Waals surface area contributed by atoms with Gasteiger partial charge in [-0.25, -0.2) is 0 Å². The van der Waals surface area contributed by atoms with Gasteiger partial charge in [0.05, 0.1) is 12.0 Å². The summed E-state index contributed by atoms with van der Waals surface area (Å²) in [6, 6.07) is 9.76. The van der Waals surface area contributed by atoms with Gasteiger partial charge in [0.15, 0.2) is 0 Å². The van der Waals surface area contributed by atoms with Gasteiger partial charge in [-0.1, -0.05) is 30.3 Å². The Labute approximate surface area is 155 Å². The Morgan fingerprint density at radius 3 is 2.58 bits per heavy atom. The zero-order chi connectivity index (χ0) is 18.2. The van der Waals surface area contributed by atoms with Crippen LogP contribution in [-0.2, 0) is 19.1 Å². The molecule has 26 heavy (non-hydrogen) atoms. The van der Waals surface area contributed by atoms with Crippen LogP contribution in [0.25, 0.3) is 6.08 Å². The summed E-state index contributed by atoms with van der Waals surface area (Å²) in [6.07, 6.45) is 8.01. The third kappa shape index (κ3) is 5.43. The van der Waals surface area contributed by atoms with Crippen LogP contribution in [-0.4, -0.2) is 49.2 Å². The molecular weight excluding hydrogens is 330 g/mol. The van der Waals surface area contributed by atoms with Crippen LogP contribution in [0.5, 0.6) is 0 Å². The van der Waals surface area contributed by atoms with Crippen LogP contribution in [0, 0.1) is 5.92 Å². The Kier molecular flexibility index (Phi) is 6.83. The van der Waals surface area contributed by atoms with Crippen molar-refractivity contribution < 1.29 is 19.1 Å². The van der Waals surface area contributed by atoms with Crippen LogP contribution < -0.4 is 0 Å². The summed E-state index contributed by atoms with van der Waals surface area (Å²) in [4.78, 5) is 26.3. The largest absolute Gasteiger partial charge is 0.463 e. The van der Waals surface area contributed by atoms with E-state index in [0.717, 1.165) is 31.4 Å². The lowest BCUT2D eigenvalue weighted by Crippen LogP contribution is -2.40. The lowest BCUT2D eigenvalue weighted by Gasteiger charge is -2.30. The van der Waals surface area contributed by atoms with E-state index in [-0.39, 0.29) is 23.9 Å². The zero-order valence-electron chi connectivity index (χ0n) is 15.1. The van der Waals surface area contributed by atoms with E-state index in [1.54, 1.807) is 11.0 Å². The van der Waals surface area contributed by atoms with Gasteiger partial charge in [-0.05, 0) is 43.7 Å². The molecule has 3 rings (SSSR count). The average Bonchev–Trinajstić information content (AvgIpc) is 2.72. The second-order valence-electron chi connectivity index (χ2n) is 6.96. The number of rotatable bonds is 5. The van der Waals surface area contributed by atoms with E-state index in [4.69, 9.17) is 9.47 Å². The van der Waals surface area contributed by atoms with Gasteiger partial charge in [0.25, 0.3) is 0 Å². The fraction of sp³-hybridized carbons (Fsp3) is 0.524. The predicted molar refractivity (Wildman–Crippen MR) is 99.3 cm³/mol. The Morgan fingerprint density at radius 2 is 1.88 bits per heavy atom. The van der Waals surface area contributed by atoms with Gasteiger partial charge in [0.1, 0.15) is 6.61 Å². The molecule has 0 aliphatic carbocycles. The topological polar surface area (TPSA) is 55.8 Å². The highest BCUT2D eigenvalue weighted by atomic mass is 16.6. The predicted octanol–water partition coefficient (Wildman–Crippen LogP) is 3.05. The number of carbonyl (C=O) groups is 2. The Balaban J connectivity index is 1.39. The monoisotopic (exact) mass is 357 g/mol. The molecule has 5 heteroatoms. The van der Waals surface area contributed by atoms with Crippen molar-refractivity contribution in [3.63, 3.8) is 0 Å². The number of nitrogens with zero attached hydrogens (tertiary/aromatic N) is 1. The minimum Gasteiger partial charge on any atom is -0.463 e. The number of likely N-dealkylation sites (tertiary alicyclic amines) is 1. The van der Waals surface area contributed by atoms with Crippen LogP contribution in [0.4, 0.5) is 0 Å². The molecule has 0 spiro atoms. The molecule has 2 heterocycles. The van der Waals surface area contributed by atoms with E-state index in [2.05, 4.69) is 0 Å². The molecule has 2 aliphatic heterocycles. The van der Waals surface area contributed by atoms with Gasteiger partial charge in [0.2, 0.25) is 5.91 Å². The fourth-order valence-corrected chi connectivity index (χ4v) is 3.40. The van der Waals surface area contributed by atoms with E-state index in [9.17, 15) is 9.59 Å². The van der Waals surface area contributed by atoms with E-state index < -0.39 is 0 Å². The number of amides is 1. The minimum atomic E-state index is -0.147. The molecule has 1 aromatic rings. The maximum atomic E-state index is 12.3. The lowest BCUT2D eigenvalue weighted by molar-refractivity contribution is -0.156. The van der Waals surface area contributed by atoms with Crippen LogP contribution in [0.2, 0.25) is 0 Å². The third-order valence-corrected chi connectivity index (χ3v) is 5.04. The van der Waals surface area contributed by atoms with Gasteiger partial charge in [-0.15, -0.1) is 0 Å². The summed E-state index contributed by atoms with van der Waals surface area (Å²) in [5.74, 6) is -0.261. The van der Waals surface area contributed by atoms with Gasteiger partial charge >= 0.3 is 5.97 Å². The summed E-state index contributed by atoms with van der Waals surface area (Å²) in [6.45, 7) is 2.31. The van der Waals surface area contributed by atoms with Crippen LogP contribution >= 0.6 is 0 Å². The number of hydrogen-bond donors (Lipinski definition) is 0. The molecular formula is C21H27NO4. The first kappa shape index (κ1) is 18.6. The molecule has 1 amide bonds. The molecule has 140 valence electrons. The molecule has 2 fully saturated rings. The maximum absolute atomic E-state index is 12.3. The molecule has 0 N–H and O–H groups in total. The average molecular weight is 357 g/mol. The van der Waals surface area contributed by atoms with Crippen molar-refractivity contribution in [2.45, 2.75) is 38.2 Å². The number of benzene rings is 1. The SMILES string of the molecule is O=C(OCC1CCCCO1)C1CCN(C(=O)C=Cc2ccccc2)CC1. The van der Waals surface area contributed by atoms with Crippen molar-refractivity contribution in [2.24, 2.45) is 5.92 Å². The highest BCUT2D eigenvalue weighted by Gasteiger charge is 2.28. The first-order valence-electron chi connectivity index (χ1n) is 9.52. The van der Waals surface area contributed by atoms with E-state index in [1.165, 1.54) is 0 Å². The summed E-state index contributed by atoms with van der Waals surface area (Å²) in [5.41, 5.74) is 1.00. The second-order valence-corrected chi connectivity index (χ2v) is 6.96. The Morgan fingerprint density at radius 1 is 1.12 bits per heavy atom. The molecule has 5 nitrogen and oxygen atoms in total. The van der Waals surface area contributed by atoms with E-state index in [0.29, 0.717) is 32.5 Å². The highest BCUT2D eigenvalue weighted by molar-refractivity contribution is 5.92. The zero-order valence-corrected chi connectivity index (χ0v) is 15.1. The highest BCUT2D eigenvalue weighted by Crippen LogP contribution is 2.20. The van der Waals surface area contributed by atoms with Crippen molar-refractivity contribution in [1.29, 1.82) is 0 Å². The first-order valence-corrected chi connectivity index (χ1v) is 9.52. The molecule has 1 aromatic carbocycles. The van der Waals surface area contributed by atoms with Gasteiger partial charge in [-0.2, -0.15) is 0 Å². The normalized spacial score (nSPS) is 21.7. The van der Waals surface area contributed by atoms with Gasteiger partial charge < -0.3 is 14.4 Å². The van der Waals surface area contributed by atoms with Crippen molar-refractivity contribution >= 4 is 18.0 Å². The smallest absolute Gasteiger partial charge is 0.309 e. The number of carbonyl (C=O) groups excluding carboxylic acids is 2. The molecule has 0 radical (unpaired) electrons. The number of ether oxygens (including phenoxy) is 2. The van der Waals surface area contributed by atoms with Crippen LogP contribution in [0.15, 0.2) is 36.4 Å². The van der Waals surface area contributed by atoms with Gasteiger partial charge in [-0.3, -0.25) is 9.59 Å². The minimum absolute atomic E-state index is 0.00345.